The van der Waals surface area contributed by atoms with Crippen LogP contribution in [-0.4, -0.2) is 44.3 Å². The Morgan fingerprint density at radius 1 is 0.894 bits per heavy atom. The number of halogens is 5. The average Bonchev–Trinajstić information content (AvgIpc) is 3.04. The van der Waals surface area contributed by atoms with E-state index < -0.39 is 51.9 Å². The van der Waals surface area contributed by atoms with Crippen molar-refractivity contribution in [3.63, 3.8) is 0 Å². The maximum absolute atomic E-state index is 14.5. The Kier molecular flexibility index (Phi) is 12.1. The summed E-state index contributed by atoms with van der Waals surface area (Å²) < 4.78 is 70.9. The minimum Gasteiger partial charge on any atom is -0.354 e. The summed E-state index contributed by atoms with van der Waals surface area (Å²) in [5.41, 5.74) is -0.310. The van der Waals surface area contributed by atoms with Crippen LogP contribution in [0.25, 0.3) is 0 Å². The Morgan fingerprint density at radius 3 is 2.15 bits per heavy atom. The summed E-state index contributed by atoms with van der Waals surface area (Å²) in [7, 11) is -4.64. The Hall–Kier alpha value is -3.87. The second-order valence-corrected chi connectivity index (χ2v) is 13.8. The number of anilines is 1. The number of rotatable bonds is 13. The molecular formula is C34H32BrClF3N3O4S. The van der Waals surface area contributed by atoms with Crippen molar-refractivity contribution in [2.24, 2.45) is 0 Å². The number of amides is 2. The van der Waals surface area contributed by atoms with Crippen molar-refractivity contribution in [1.29, 1.82) is 0 Å². The highest BCUT2D eigenvalue weighted by Gasteiger charge is 2.37. The van der Waals surface area contributed by atoms with E-state index in [2.05, 4.69) is 21.2 Å². The summed E-state index contributed by atoms with van der Waals surface area (Å²) in [4.78, 5) is 29.2. The maximum Gasteiger partial charge on any atom is 0.416 e. The van der Waals surface area contributed by atoms with Gasteiger partial charge in [0.1, 0.15) is 12.6 Å². The molecule has 1 atom stereocenters. The number of carbonyl (C=O) groups excluding carboxylic acids is 2. The van der Waals surface area contributed by atoms with Crippen molar-refractivity contribution in [3.05, 3.63) is 129 Å². The molecule has 0 radical (unpaired) electrons. The van der Waals surface area contributed by atoms with Crippen LogP contribution >= 0.6 is 27.5 Å². The molecule has 1 N–H and O–H groups in total. The monoisotopic (exact) mass is 749 g/mol. The summed E-state index contributed by atoms with van der Waals surface area (Å²) in [6.07, 6.45) is -4.11. The number of benzene rings is 4. The molecule has 0 saturated heterocycles. The van der Waals surface area contributed by atoms with Gasteiger partial charge in [-0.3, -0.25) is 13.9 Å². The molecule has 0 saturated carbocycles. The van der Waals surface area contributed by atoms with Crippen LogP contribution in [0.5, 0.6) is 0 Å². The molecule has 248 valence electrons. The molecule has 0 aromatic heterocycles. The number of carbonyl (C=O) groups is 2. The van der Waals surface area contributed by atoms with Crippen LogP contribution in [0.1, 0.15) is 30.0 Å². The van der Waals surface area contributed by atoms with Gasteiger partial charge in [0, 0.05) is 24.0 Å². The summed E-state index contributed by atoms with van der Waals surface area (Å²) in [5.74, 6) is -1.29. The third kappa shape index (κ3) is 9.36. The number of nitrogens with zero attached hydrogens (tertiary/aromatic N) is 2. The van der Waals surface area contributed by atoms with E-state index >= 15 is 0 Å². The smallest absolute Gasteiger partial charge is 0.354 e. The lowest BCUT2D eigenvalue weighted by Crippen LogP contribution is -2.53. The van der Waals surface area contributed by atoms with E-state index in [4.69, 9.17) is 11.6 Å². The van der Waals surface area contributed by atoms with E-state index in [9.17, 15) is 31.2 Å². The minimum absolute atomic E-state index is 0.0892. The second-order valence-electron chi connectivity index (χ2n) is 10.6. The lowest BCUT2D eigenvalue weighted by molar-refractivity contribution is -0.140. The van der Waals surface area contributed by atoms with E-state index in [1.54, 1.807) is 54.6 Å². The van der Waals surface area contributed by atoms with Crippen LogP contribution in [0.15, 0.2) is 112 Å². The van der Waals surface area contributed by atoms with Gasteiger partial charge in [0.05, 0.1) is 21.2 Å². The fraction of sp³-hybridized carbons (Fsp3) is 0.235. The molecule has 47 heavy (non-hydrogen) atoms. The van der Waals surface area contributed by atoms with Crippen LogP contribution in [0.3, 0.4) is 0 Å². The van der Waals surface area contributed by atoms with Gasteiger partial charge in [-0.1, -0.05) is 95.1 Å². The molecule has 1 unspecified atom stereocenters. The number of nitrogens with one attached hydrogen (secondary N) is 1. The first-order valence-electron chi connectivity index (χ1n) is 14.6. The van der Waals surface area contributed by atoms with Crippen LogP contribution in [0, 0.1) is 0 Å². The molecule has 4 aromatic rings. The summed E-state index contributed by atoms with van der Waals surface area (Å²) >= 11 is 9.77. The molecule has 7 nitrogen and oxygen atoms in total. The number of alkyl halides is 3. The molecule has 0 aliphatic rings. The van der Waals surface area contributed by atoms with Gasteiger partial charge in [0.2, 0.25) is 11.8 Å². The minimum atomic E-state index is -4.82. The van der Waals surface area contributed by atoms with Crippen molar-refractivity contribution in [1.82, 2.24) is 10.2 Å². The molecule has 0 spiro atoms. The van der Waals surface area contributed by atoms with Crippen molar-refractivity contribution in [2.75, 3.05) is 17.4 Å². The highest BCUT2D eigenvalue weighted by atomic mass is 79.9. The van der Waals surface area contributed by atoms with Crippen LogP contribution in [-0.2, 0) is 38.8 Å². The van der Waals surface area contributed by atoms with Crippen molar-refractivity contribution in [2.45, 2.75) is 43.4 Å². The van der Waals surface area contributed by atoms with E-state index in [-0.39, 0.29) is 22.9 Å². The first kappa shape index (κ1) is 36.0. The zero-order chi connectivity index (χ0) is 34.2. The van der Waals surface area contributed by atoms with E-state index in [1.165, 1.54) is 29.2 Å². The molecule has 0 bridgehead atoms. The zero-order valence-electron chi connectivity index (χ0n) is 25.3. The van der Waals surface area contributed by atoms with Gasteiger partial charge in [-0.25, -0.2) is 8.42 Å². The van der Waals surface area contributed by atoms with Crippen molar-refractivity contribution >= 4 is 55.1 Å². The molecule has 0 aliphatic carbocycles. The second kappa shape index (κ2) is 15.8. The van der Waals surface area contributed by atoms with E-state index in [1.807, 2.05) is 13.0 Å². The number of sulfonamides is 1. The molecule has 13 heteroatoms. The average molecular weight is 751 g/mol. The van der Waals surface area contributed by atoms with Gasteiger partial charge in [-0.2, -0.15) is 13.2 Å². The van der Waals surface area contributed by atoms with Gasteiger partial charge in [-0.05, 0) is 60.0 Å². The first-order valence-corrected chi connectivity index (χ1v) is 17.2. The molecule has 2 amide bonds. The summed E-state index contributed by atoms with van der Waals surface area (Å²) in [6, 6.07) is 24.2. The number of hydrogen-bond donors (Lipinski definition) is 1. The predicted octanol–water partition coefficient (Wildman–Crippen LogP) is 7.48. The standard InChI is InChI=1S/C34H32BrClF3N3O4S/c1-2-18-40-33(44)31(20-24-10-5-3-6-11-24)41(22-25-12-9-13-27(35)19-25)32(43)23-42(47(45,46)28-14-7-4-8-15-28)30-21-26(34(37,38)39)16-17-29(30)36/h3-17,19,21,31H,2,18,20,22-23H2,1H3,(H,40,44). The van der Waals surface area contributed by atoms with Crippen LogP contribution < -0.4 is 9.62 Å². The summed E-state index contributed by atoms with van der Waals surface area (Å²) in [6.45, 7) is 1.16. The molecule has 0 fully saturated rings. The Labute approximate surface area is 285 Å². The highest BCUT2D eigenvalue weighted by molar-refractivity contribution is 9.10. The fourth-order valence-electron chi connectivity index (χ4n) is 4.87. The van der Waals surface area contributed by atoms with Gasteiger partial charge < -0.3 is 10.2 Å². The SMILES string of the molecule is CCCNC(=O)C(Cc1ccccc1)N(Cc1cccc(Br)c1)C(=O)CN(c1cc(C(F)(F)F)ccc1Cl)S(=O)(=O)c1ccccc1. The zero-order valence-corrected chi connectivity index (χ0v) is 28.4. The van der Waals surface area contributed by atoms with Crippen LogP contribution in [0.4, 0.5) is 18.9 Å². The van der Waals surface area contributed by atoms with E-state index in [0.717, 1.165) is 17.7 Å². The quantitative estimate of drug-likeness (QED) is 0.154. The molecule has 0 aliphatic heterocycles. The third-order valence-corrected chi connectivity index (χ3v) is 9.80. The highest BCUT2D eigenvalue weighted by Crippen LogP contribution is 2.37. The molecule has 4 rings (SSSR count). The number of hydrogen-bond acceptors (Lipinski definition) is 4. The summed E-state index contributed by atoms with van der Waals surface area (Å²) in [5, 5.41) is 2.52. The molecule has 4 aromatic carbocycles. The van der Waals surface area contributed by atoms with Gasteiger partial charge in [-0.15, -0.1) is 0 Å². The lowest BCUT2D eigenvalue weighted by Gasteiger charge is -2.34. The van der Waals surface area contributed by atoms with E-state index in [0.29, 0.717) is 33.4 Å². The lowest BCUT2D eigenvalue weighted by atomic mass is 10.0. The van der Waals surface area contributed by atoms with Crippen molar-refractivity contribution in [3.8, 4) is 0 Å². The molecule has 0 heterocycles. The maximum atomic E-state index is 14.5. The van der Waals surface area contributed by atoms with Gasteiger partial charge in [0.15, 0.2) is 0 Å². The van der Waals surface area contributed by atoms with Gasteiger partial charge >= 0.3 is 6.18 Å². The third-order valence-electron chi connectivity index (χ3n) is 7.21. The van der Waals surface area contributed by atoms with Crippen LogP contribution in [0.2, 0.25) is 5.02 Å². The van der Waals surface area contributed by atoms with Gasteiger partial charge in [0.25, 0.3) is 10.0 Å². The molecular weight excluding hydrogens is 719 g/mol. The Morgan fingerprint density at radius 2 is 1.53 bits per heavy atom. The van der Waals surface area contributed by atoms with Crippen molar-refractivity contribution < 1.29 is 31.2 Å². The fourth-order valence-corrected chi connectivity index (χ4v) is 7.03. The topological polar surface area (TPSA) is 86.8 Å². The Bertz CT molecular complexity index is 1800. The largest absolute Gasteiger partial charge is 0.416 e. The predicted molar refractivity (Wildman–Crippen MR) is 179 cm³/mol. The Balaban J connectivity index is 1.86. The first-order chi connectivity index (χ1) is 22.3. The normalized spacial score (nSPS) is 12.3.